The van der Waals surface area contributed by atoms with Crippen molar-refractivity contribution in [3.05, 3.63) is 58.9 Å². The summed E-state index contributed by atoms with van der Waals surface area (Å²) in [5.41, 5.74) is -2.93. The number of allylic oxidation sites excluding steroid dienone is 4. The maximum atomic E-state index is 14.9. The second kappa shape index (κ2) is 10.4. The van der Waals surface area contributed by atoms with Crippen molar-refractivity contribution in [1.82, 2.24) is 0 Å². The molecule has 3 N–H and O–H groups in total. The number of hydrogen-bond donors (Lipinski definition) is 3. The fourth-order valence-corrected chi connectivity index (χ4v) is 8.86. The molecule has 5 aliphatic rings. The number of aliphatic carboxylic acids is 1. The summed E-state index contributed by atoms with van der Waals surface area (Å²) in [6, 6.07) is 0. The van der Waals surface area contributed by atoms with Crippen LogP contribution in [0.3, 0.4) is 0 Å². The molecule has 0 aromatic carbocycles. The van der Waals surface area contributed by atoms with Gasteiger partial charge in [0.2, 0.25) is 0 Å². The Hall–Kier alpha value is -2.93. The van der Waals surface area contributed by atoms with Crippen LogP contribution >= 0.6 is 0 Å². The van der Waals surface area contributed by atoms with Gasteiger partial charge in [-0.3, -0.25) is 4.79 Å². The maximum absolute atomic E-state index is 14.9. The number of carbonyl (C=O) groups excluding carboxylic acids is 2. The zero-order chi connectivity index (χ0) is 29.9. The van der Waals surface area contributed by atoms with Crippen LogP contribution in [0.2, 0.25) is 0 Å². The lowest BCUT2D eigenvalue weighted by atomic mass is 9.50. The molecular formula is C34H44O7. The molecule has 41 heavy (non-hydrogen) atoms. The third-order valence-electron chi connectivity index (χ3n) is 11.2. The molecule has 1 heterocycles. The molecule has 2 bridgehead atoms. The van der Waals surface area contributed by atoms with Crippen LogP contribution in [0.25, 0.3) is 0 Å². The van der Waals surface area contributed by atoms with Gasteiger partial charge in [-0.15, -0.1) is 0 Å². The number of esters is 1. The number of ether oxygens (including phenoxy) is 1. The summed E-state index contributed by atoms with van der Waals surface area (Å²) in [6.45, 7) is 9.59. The maximum Gasteiger partial charge on any atom is 0.346 e. The van der Waals surface area contributed by atoms with Crippen molar-refractivity contribution < 1.29 is 34.4 Å². The quantitative estimate of drug-likeness (QED) is 0.218. The molecule has 9 unspecified atom stereocenters. The number of aliphatic hydroxyl groups is 2. The summed E-state index contributed by atoms with van der Waals surface area (Å²) in [4.78, 5) is 41.1. The predicted molar refractivity (Wildman–Crippen MR) is 155 cm³/mol. The highest BCUT2D eigenvalue weighted by atomic mass is 16.6. The molecule has 222 valence electrons. The fourth-order valence-electron chi connectivity index (χ4n) is 8.86. The minimum atomic E-state index is -1.59. The van der Waals surface area contributed by atoms with Crippen LogP contribution in [0.15, 0.2) is 58.9 Å². The Morgan fingerprint density at radius 3 is 2.51 bits per heavy atom. The Kier molecular flexibility index (Phi) is 7.50. The number of fused-ring (bicyclic) bond motifs is 3. The van der Waals surface area contributed by atoms with Gasteiger partial charge in [-0.2, -0.15) is 0 Å². The van der Waals surface area contributed by atoms with E-state index >= 15 is 0 Å². The number of carboxylic acids is 1. The van der Waals surface area contributed by atoms with Gasteiger partial charge in [0.25, 0.3) is 0 Å². The first-order valence-corrected chi connectivity index (χ1v) is 15.2. The minimum Gasteiger partial charge on any atom is -0.507 e. The number of rotatable bonds is 3. The van der Waals surface area contributed by atoms with Gasteiger partial charge >= 0.3 is 11.9 Å². The van der Waals surface area contributed by atoms with E-state index in [4.69, 9.17) is 4.74 Å². The second-order valence-corrected chi connectivity index (χ2v) is 13.3. The Labute approximate surface area is 242 Å². The molecule has 0 amide bonds. The molecule has 1 spiro atoms. The highest BCUT2D eigenvalue weighted by molar-refractivity contribution is 6.21. The molecule has 5 rings (SSSR count). The van der Waals surface area contributed by atoms with Crippen molar-refractivity contribution in [3.8, 4) is 0 Å². The molecule has 0 radical (unpaired) electrons. The van der Waals surface area contributed by atoms with Gasteiger partial charge in [0, 0.05) is 23.3 Å². The van der Waals surface area contributed by atoms with Crippen LogP contribution in [0.4, 0.5) is 0 Å². The first-order valence-electron chi connectivity index (χ1n) is 15.2. The molecule has 1 saturated carbocycles. The molecule has 7 nitrogen and oxygen atoms in total. The topological polar surface area (TPSA) is 121 Å². The van der Waals surface area contributed by atoms with Crippen LogP contribution in [-0.4, -0.2) is 44.7 Å². The van der Waals surface area contributed by atoms with Gasteiger partial charge < -0.3 is 20.1 Å². The normalized spacial score (nSPS) is 44.5. The number of carbonyl (C=O) groups is 3. The van der Waals surface area contributed by atoms with Gasteiger partial charge in [0.15, 0.2) is 17.1 Å². The number of carboxylic acid groups (broad SMARTS) is 1. The van der Waals surface area contributed by atoms with Gasteiger partial charge in [-0.1, -0.05) is 62.8 Å². The molecule has 7 heteroatoms. The lowest BCUT2D eigenvalue weighted by Crippen LogP contribution is -2.54. The van der Waals surface area contributed by atoms with Gasteiger partial charge in [0.1, 0.15) is 5.57 Å². The van der Waals surface area contributed by atoms with Crippen molar-refractivity contribution in [2.75, 3.05) is 0 Å². The summed E-state index contributed by atoms with van der Waals surface area (Å²) < 4.78 is 6.15. The second-order valence-electron chi connectivity index (χ2n) is 13.3. The van der Waals surface area contributed by atoms with Crippen molar-refractivity contribution >= 4 is 17.7 Å². The van der Waals surface area contributed by atoms with E-state index in [-0.39, 0.29) is 47.0 Å². The van der Waals surface area contributed by atoms with E-state index in [1.54, 1.807) is 13.0 Å². The van der Waals surface area contributed by atoms with E-state index in [2.05, 4.69) is 18.2 Å². The molecule has 0 saturated heterocycles. The van der Waals surface area contributed by atoms with Crippen molar-refractivity contribution in [3.63, 3.8) is 0 Å². The molecule has 1 fully saturated rings. The van der Waals surface area contributed by atoms with Crippen LogP contribution in [0.1, 0.15) is 79.6 Å². The van der Waals surface area contributed by atoms with Gasteiger partial charge in [-0.05, 0) is 76.0 Å². The van der Waals surface area contributed by atoms with Crippen LogP contribution in [-0.2, 0) is 19.1 Å². The molecule has 0 aromatic rings. The Morgan fingerprint density at radius 2 is 1.85 bits per heavy atom. The van der Waals surface area contributed by atoms with Crippen LogP contribution < -0.4 is 0 Å². The van der Waals surface area contributed by atoms with Crippen LogP contribution in [0.5, 0.6) is 0 Å². The lowest BCUT2D eigenvalue weighted by Gasteiger charge is -2.53. The highest BCUT2D eigenvalue weighted by Crippen LogP contribution is 2.60. The zero-order valence-corrected chi connectivity index (χ0v) is 24.9. The molecule has 9 atom stereocenters. The molecule has 1 aliphatic heterocycles. The van der Waals surface area contributed by atoms with Gasteiger partial charge in [0.05, 0.1) is 11.5 Å². The monoisotopic (exact) mass is 564 g/mol. The number of aliphatic hydroxyl groups excluding tert-OH is 2. The summed E-state index contributed by atoms with van der Waals surface area (Å²) in [6.07, 6.45) is 14.9. The largest absolute Gasteiger partial charge is 0.507 e. The smallest absolute Gasteiger partial charge is 0.346 e. The zero-order valence-electron chi connectivity index (χ0n) is 24.9. The first kappa shape index (κ1) is 29.6. The third kappa shape index (κ3) is 4.21. The third-order valence-corrected chi connectivity index (χ3v) is 11.2. The summed E-state index contributed by atoms with van der Waals surface area (Å²) in [5.74, 6) is -3.68. The van der Waals surface area contributed by atoms with E-state index in [0.29, 0.717) is 25.7 Å². The Bertz CT molecular complexity index is 1300. The van der Waals surface area contributed by atoms with Crippen molar-refractivity contribution in [1.29, 1.82) is 0 Å². The lowest BCUT2D eigenvalue weighted by molar-refractivity contribution is -0.159. The van der Waals surface area contributed by atoms with E-state index in [1.807, 2.05) is 39.8 Å². The number of ketones is 1. The Balaban J connectivity index is 1.77. The highest BCUT2D eigenvalue weighted by Gasteiger charge is 2.65. The summed E-state index contributed by atoms with van der Waals surface area (Å²) in [5, 5.41) is 33.4. The summed E-state index contributed by atoms with van der Waals surface area (Å²) in [7, 11) is 0. The van der Waals surface area contributed by atoms with E-state index in [9.17, 15) is 29.7 Å². The molecular weight excluding hydrogens is 520 g/mol. The fraction of sp³-hybridized carbons (Fsp3) is 0.618. The summed E-state index contributed by atoms with van der Waals surface area (Å²) >= 11 is 0. The van der Waals surface area contributed by atoms with Crippen molar-refractivity contribution in [2.45, 2.75) is 91.3 Å². The predicted octanol–water partition coefficient (Wildman–Crippen LogP) is 6.01. The SMILES string of the molecule is CCC1CC23OC(=O)C(=C2O)C(=O)C2(CC)C(C=CC4C(O)C(C)CCC42)C/C=C/C/C(C)=C/C3(C)C=C1C(=O)O. The van der Waals surface area contributed by atoms with E-state index in [1.165, 1.54) is 0 Å². The standard InChI is InChI=1S/C34H44O7/c1-6-21-17-34-29(37)26(31(40)41-34)28(36)33(7-2)22(13-14-23-25(33)15-12-20(4)27(23)35)11-9-8-10-19(3)16-32(34,5)18-24(21)30(38)39/h8-9,13-14,16,18,20-23,25,27,35,37H,6-7,10-12,15,17H2,1-5H3,(H,38,39)/b9-8+,19-16+. The average Bonchev–Trinajstić information content (AvgIpc) is 3.18. The Morgan fingerprint density at radius 1 is 1.12 bits per heavy atom. The number of Topliss-reactive ketones (excluding diaryl/α,β-unsaturated/α-hetero) is 1. The molecule has 0 aromatic heterocycles. The number of hydrogen-bond acceptors (Lipinski definition) is 6. The van der Waals surface area contributed by atoms with Crippen LogP contribution in [0, 0.1) is 40.4 Å². The average molecular weight is 565 g/mol. The molecule has 4 aliphatic carbocycles. The van der Waals surface area contributed by atoms with Crippen molar-refractivity contribution in [2.24, 2.45) is 40.4 Å². The van der Waals surface area contributed by atoms with Gasteiger partial charge in [-0.25, -0.2) is 9.59 Å². The first-order chi connectivity index (χ1) is 19.4. The van der Waals surface area contributed by atoms with E-state index in [0.717, 1.165) is 18.4 Å². The minimum absolute atomic E-state index is 0.0663. The van der Waals surface area contributed by atoms with E-state index < -0.39 is 46.2 Å².